The predicted molar refractivity (Wildman–Crippen MR) is 101 cm³/mol. The van der Waals surface area contributed by atoms with E-state index < -0.39 is 6.61 Å². The molecule has 4 rings (SSSR count). The average Bonchev–Trinajstić information content (AvgIpc) is 2.74. The van der Waals surface area contributed by atoms with Crippen LogP contribution in [-0.4, -0.2) is 26.5 Å². The third-order valence-electron chi connectivity index (χ3n) is 4.04. The van der Waals surface area contributed by atoms with Gasteiger partial charge in [-0.2, -0.15) is 8.78 Å². The van der Waals surface area contributed by atoms with Crippen molar-refractivity contribution in [1.82, 2.24) is 19.9 Å². The number of ether oxygens (including phenoxy) is 1. The van der Waals surface area contributed by atoms with Gasteiger partial charge in [-0.3, -0.25) is 4.98 Å². The van der Waals surface area contributed by atoms with Crippen molar-refractivity contribution in [2.24, 2.45) is 0 Å². The summed E-state index contributed by atoms with van der Waals surface area (Å²) in [6, 6.07) is 11.2. The monoisotopic (exact) mass is 394 g/mol. The Morgan fingerprint density at radius 3 is 2.72 bits per heavy atom. The van der Waals surface area contributed by atoms with E-state index in [0.29, 0.717) is 39.5 Å². The number of hydrogen-bond donors (Lipinski definition) is 1. The van der Waals surface area contributed by atoms with Crippen LogP contribution in [-0.2, 0) is 11.7 Å². The highest BCUT2D eigenvalue weighted by Gasteiger charge is 2.13. The number of nitrogens with zero attached hydrogens (tertiary/aromatic N) is 4. The molecule has 0 saturated heterocycles. The summed E-state index contributed by atoms with van der Waals surface area (Å²) in [5.41, 5.74) is 2.13. The van der Waals surface area contributed by atoms with Gasteiger partial charge in [0.2, 0.25) is 0 Å². The van der Waals surface area contributed by atoms with Crippen LogP contribution in [0.1, 0.15) is 5.56 Å². The van der Waals surface area contributed by atoms with Crippen molar-refractivity contribution >= 4 is 22.4 Å². The average molecular weight is 394 g/mol. The van der Waals surface area contributed by atoms with Crippen LogP contribution >= 0.6 is 0 Å². The summed E-state index contributed by atoms with van der Waals surface area (Å²) in [4.78, 5) is 17.3. The van der Waals surface area contributed by atoms with Crippen molar-refractivity contribution in [2.75, 3.05) is 5.32 Å². The Kier molecular flexibility index (Phi) is 5.21. The number of aromatic nitrogens is 4. The lowest BCUT2D eigenvalue weighted by atomic mass is 10.1. The molecule has 0 aliphatic carbocycles. The van der Waals surface area contributed by atoms with Gasteiger partial charge >= 0.3 is 6.61 Å². The van der Waals surface area contributed by atoms with Crippen molar-refractivity contribution in [1.29, 1.82) is 0 Å². The van der Waals surface area contributed by atoms with Gasteiger partial charge in [-0.1, -0.05) is 12.1 Å². The summed E-state index contributed by atoms with van der Waals surface area (Å²) in [5, 5.41) is 15.0. The van der Waals surface area contributed by atoms with Gasteiger partial charge in [-0.25, -0.2) is 20.1 Å². The van der Waals surface area contributed by atoms with E-state index in [2.05, 4.69) is 30.0 Å². The molecule has 0 saturated carbocycles. The van der Waals surface area contributed by atoms with Crippen LogP contribution in [0.25, 0.3) is 22.4 Å². The second-order valence-electron chi connectivity index (χ2n) is 6.01. The zero-order chi connectivity index (χ0) is 20.2. The number of rotatable bonds is 6. The van der Waals surface area contributed by atoms with E-state index in [1.165, 1.54) is 24.5 Å². The number of fused-ring (bicyclic) bond motifs is 1. The Hall–Kier alpha value is -3.72. The van der Waals surface area contributed by atoms with Crippen molar-refractivity contribution in [2.45, 2.75) is 13.2 Å². The minimum absolute atomic E-state index is 0.0118. The summed E-state index contributed by atoms with van der Waals surface area (Å²) in [6.45, 7) is -3.31. The summed E-state index contributed by atoms with van der Waals surface area (Å²) in [5.74, 6) is 0.751. The lowest BCUT2D eigenvalue weighted by molar-refractivity contribution is -0.0498. The lowest BCUT2D eigenvalue weighted by Crippen LogP contribution is -2.03. The fraction of sp³-hybridized carbons (Fsp3) is 0.100. The number of hydrogen-bond acceptors (Lipinski definition) is 6. The van der Waals surface area contributed by atoms with Crippen LogP contribution in [0.4, 0.5) is 20.3 Å². The molecular formula is C20H14F2N5O2. The van der Waals surface area contributed by atoms with E-state index in [-0.39, 0.29) is 12.4 Å². The first-order chi connectivity index (χ1) is 14.1. The van der Waals surface area contributed by atoms with Crippen molar-refractivity contribution in [3.63, 3.8) is 0 Å². The highest BCUT2D eigenvalue weighted by atomic mass is 19.3. The molecule has 145 valence electrons. The third kappa shape index (κ3) is 4.25. The number of benzene rings is 2. The normalized spacial score (nSPS) is 11.0. The maximum Gasteiger partial charge on any atom is 0.387 e. The van der Waals surface area contributed by atoms with Gasteiger partial charge in [0.25, 0.3) is 0 Å². The molecule has 2 heterocycles. The molecule has 9 heteroatoms. The Labute approximate surface area is 164 Å². The summed E-state index contributed by atoms with van der Waals surface area (Å²) < 4.78 is 29.5. The predicted octanol–water partition coefficient (Wildman–Crippen LogP) is 4.36. The fourth-order valence-corrected chi connectivity index (χ4v) is 2.78. The molecule has 0 amide bonds. The first-order valence-electron chi connectivity index (χ1n) is 8.59. The minimum atomic E-state index is -2.92. The van der Waals surface area contributed by atoms with E-state index in [1.54, 1.807) is 36.5 Å². The molecule has 1 radical (unpaired) electrons. The summed E-state index contributed by atoms with van der Waals surface area (Å²) in [7, 11) is 0. The Morgan fingerprint density at radius 1 is 1.07 bits per heavy atom. The van der Waals surface area contributed by atoms with Crippen molar-refractivity contribution in [3.05, 3.63) is 66.6 Å². The van der Waals surface area contributed by atoms with E-state index in [1.807, 2.05) is 0 Å². The maximum atomic E-state index is 12.5. The number of nitrogens with one attached hydrogen (secondary N) is 1. The second kappa shape index (κ2) is 8.11. The fourth-order valence-electron chi connectivity index (χ4n) is 2.78. The second-order valence-corrected chi connectivity index (χ2v) is 6.01. The molecule has 0 spiro atoms. The zero-order valence-electron chi connectivity index (χ0n) is 14.9. The quantitative estimate of drug-likeness (QED) is 0.522. The zero-order valence-corrected chi connectivity index (χ0v) is 14.9. The van der Waals surface area contributed by atoms with E-state index >= 15 is 0 Å². The van der Waals surface area contributed by atoms with Crippen molar-refractivity contribution in [3.8, 4) is 17.3 Å². The van der Waals surface area contributed by atoms with Gasteiger partial charge < -0.3 is 10.1 Å². The third-order valence-corrected chi connectivity index (χ3v) is 4.04. The molecule has 4 aromatic rings. The van der Waals surface area contributed by atoms with E-state index in [4.69, 9.17) is 0 Å². The standard InChI is InChI=1S/C20H14F2N5O2/c21-20(22)29-14-3-1-2-13(9-14)25-18-15-8-12(11-28)4-5-16(15)26-19(27-18)17-10-23-6-7-24-17/h1-10,20H,11H2,(H,25,26,27). The van der Waals surface area contributed by atoms with Gasteiger partial charge in [0.1, 0.15) is 23.9 Å². The van der Waals surface area contributed by atoms with Crippen LogP contribution in [0.3, 0.4) is 0 Å². The van der Waals surface area contributed by atoms with Crippen molar-refractivity contribution < 1.29 is 18.6 Å². The van der Waals surface area contributed by atoms with Gasteiger partial charge in [-0.15, -0.1) is 0 Å². The molecule has 1 N–H and O–H groups in total. The lowest BCUT2D eigenvalue weighted by Gasteiger charge is -2.12. The molecule has 29 heavy (non-hydrogen) atoms. The molecule has 0 bridgehead atoms. The summed E-state index contributed by atoms with van der Waals surface area (Å²) >= 11 is 0. The first kappa shape index (κ1) is 18.6. The summed E-state index contributed by atoms with van der Waals surface area (Å²) in [6.07, 6.45) is 4.61. The molecule has 0 aliphatic heterocycles. The number of anilines is 2. The molecule has 2 aromatic carbocycles. The highest BCUT2D eigenvalue weighted by Crippen LogP contribution is 2.29. The Balaban J connectivity index is 1.81. The molecule has 0 atom stereocenters. The van der Waals surface area contributed by atoms with E-state index in [9.17, 15) is 13.9 Å². The molecular weight excluding hydrogens is 380 g/mol. The van der Waals surface area contributed by atoms with Crippen LogP contribution in [0, 0.1) is 0 Å². The number of alkyl halides is 2. The molecule has 0 unspecified atom stereocenters. The molecule has 0 fully saturated rings. The largest absolute Gasteiger partial charge is 0.435 e. The van der Waals surface area contributed by atoms with Crippen LogP contribution < -0.4 is 10.1 Å². The topological polar surface area (TPSA) is 92.7 Å². The van der Waals surface area contributed by atoms with Gasteiger partial charge in [0.15, 0.2) is 5.82 Å². The molecule has 0 aliphatic rings. The Bertz CT molecular complexity index is 1140. The smallest absolute Gasteiger partial charge is 0.387 e. The maximum absolute atomic E-state index is 12.5. The number of halogens is 2. The Morgan fingerprint density at radius 2 is 1.97 bits per heavy atom. The SMILES string of the molecule is [O]Cc1ccc2nc(-c3cnccn3)nc(Nc3cccc(OC(F)F)c3)c2c1. The van der Waals surface area contributed by atoms with Crippen LogP contribution in [0.2, 0.25) is 0 Å². The molecule has 2 aromatic heterocycles. The van der Waals surface area contributed by atoms with Gasteiger partial charge in [-0.05, 0) is 29.8 Å². The van der Waals surface area contributed by atoms with Crippen LogP contribution in [0.5, 0.6) is 5.75 Å². The van der Waals surface area contributed by atoms with E-state index in [0.717, 1.165) is 0 Å². The van der Waals surface area contributed by atoms with Gasteiger partial charge in [0.05, 0.1) is 11.7 Å². The minimum Gasteiger partial charge on any atom is -0.435 e. The first-order valence-corrected chi connectivity index (χ1v) is 8.59. The molecule has 7 nitrogen and oxygen atoms in total. The van der Waals surface area contributed by atoms with Gasteiger partial charge in [0, 0.05) is 29.5 Å². The van der Waals surface area contributed by atoms with Crippen LogP contribution in [0.15, 0.2) is 61.1 Å². The highest BCUT2D eigenvalue weighted by molar-refractivity contribution is 5.92.